The predicted octanol–water partition coefficient (Wildman–Crippen LogP) is 2.25. The normalized spacial score (nSPS) is 26.8. The molecule has 2 aromatic rings. The van der Waals surface area contributed by atoms with E-state index in [1.165, 1.54) is 12.4 Å². The van der Waals surface area contributed by atoms with E-state index in [0.29, 0.717) is 12.6 Å². The number of piperidine rings is 1. The topological polar surface area (TPSA) is 63.2 Å². The molecule has 1 N–H and O–H groups in total. The van der Waals surface area contributed by atoms with E-state index in [9.17, 15) is 4.39 Å². The molecule has 2 fully saturated rings. The van der Waals surface area contributed by atoms with E-state index in [4.69, 9.17) is 4.74 Å². The van der Waals surface area contributed by atoms with E-state index in [2.05, 4.69) is 31.2 Å². The molecule has 4 heterocycles. The molecule has 2 saturated heterocycles. The number of ether oxygens (including phenoxy) is 1. The van der Waals surface area contributed by atoms with Crippen LogP contribution in [-0.2, 0) is 11.3 Å². The summed E-state index contributed by atoms with van der Waals surface area (Å²) in [5, 5.41) is 3.26. The van der Waals surface area contributed by atoms with Crippen LogP contribution in [-0.4, -0.2) is 51.2 Å². The number of aromatic nitrogens is 3. The van der Waals surface area contributed by atoms with Gasteiger partial charge in [-0.25, -0.2) is 14.4 Å². The predicted molar refractivity (Wildman–Crippen MR) is 91.4 cm³/mol. The molecule has 0 amide bonds. The number of nitrogens with zero attached hydrogens (tertiary/aromatic N) is 4. The maximum Gasteiger partial charge on any atom is 0.223 e. The number of likely N-dealkylation sites (tertiary alicyclic amines) is 1. The fourth-order valence-electron chi connectivity index (χ4n) is 3.84. The van der Waals surface area contributed by atoms with Crippen LogP contribution in [0.15, 0.2) is 36.8 Å². The van der Waals surface area contributed by atoms with Gasteiger partial charge in [0.25, 0.3) is 0 Å². The molecule has 2 aromatic heterocycles. The first kappa shape index (κ1) is 16.4. The van der Waals surface area contributed by atoms with E-state index in [1.807, 2.05) is 18.3 Å². The van der Waals surface area contributed by atoms with Crippen LogP contribution in [0.2, 0.25) is 0 Å². The number of anilines is 1. The van der Waals surface area contributed by atoms with Gasteiger partial charge in [-0.1, -0.05) is 6.07 Å². The SMILES string of the molecule is Fc1cnc(N[C@H]2CO[C@@]3(CCCN(Cc4ccccn4)C3)C2)nc1. The van der Waals surface area contributed by atoms with Crippen LogP contribution >= 0.6 is 0 Å². The van der Waals surface area contributed by atoms with Crippen LogP contribution in [0, 0.1) is 5.82 Å². The van der Waals surface area contributed by atoms with Gasteiger partial charge in [-0.3, -0.25) is 9.88 Å². The van der Waals surface area contributed by atoms with Crippen molar-refractivity contribution in [3.63, 3.8) is 0 Å². The number of hydrogen-bond acceptors (Lipinski definition) is 6. The molecule has 0 aliphatic carbocycles. The van der Waals surface area contributed by atoms with E-state index in [1.54, 1.807) is 0 Å². The third-order valence-electron chi connectivity index (χ3n) is 4.89. The summed E-state index contributed by atoms with van der Waals surface area (Å²) in [6.45, 7) is 3.45. The Balaban J connectivity index is 1.36. The molecule has 0 radical (unpaired) electrons. The van der Waals surface area contributed by atoms with Gasteiger partial charge < -0.3 is 10.1 Å². The summed E-state index contributed by atoms with van der Waals surface area (Å²) in [4.78, 5) is 14.8. The zero-order valence-electron chi connectivity index (χ0n) is 14.1. The first-order chi connectivity index (χ1) is 12.2. The zero-order chi connectivity index (χ0) is 17.1. The highest BCUT2D eigenvalue weighted by Gasteiger charge is 2.43. The van der Waals surface area contributed by atoms with Crippen LogP contribution in [0.5, 0.6) is 0 Å². The van der Waals surface area contributed by atoms with Crippen LogP contribution in [0.25, 0.3) is 0 Å². The molecule has 1 spiro atoms. The lowest BCUT2D eigenvalue weighted by atomic mass is 9.88. The Morgan fingerprint density at radius 2 is 2.16 bits per heavy atom. The minimum atomic E-state index is -0.429. The second kappa shape index (κ2) is 7.01. The lowest BCUT2D eigenvalue weighted by Gasteiger charge is -2.39. The molecule has 0 aromatic carbocycles. The van der Waals surface area contributed by atoms with E-state index < -0.39 is 5.82 Å². The Morgan fingerprint density at radius 3 is 2.96 bits per heavy atom. The van der Waals surface area contributed by atoms with Gasteiger partial charge in [0.2, 0.25) is 5.95 Å². The smallest absolute Gasteiger partial charge is 0.223 e. The molecule has 2 aliphatic heterocycles. The fraction of sp³-hybridized carbons (Fsp3) is 0.500. The van der Waals surface area contributed by atoms with Crippen molar-refractivity contribution in [2.45, 2.75) is 37.5 Å². The van der Waals surface area contributed by atoms with Gasteiger partial charge in [-0.15, -0.1) is 0 Å². The Morgan fingerprint density at radius 1 is 1.28 bits per heavy atom. The van der Waals surface area contributed by atoms with Crippen LogP contribution in [0.3, 0.4) is 0 Å². The molecule has 6 nitrogen and oxygen atoms in total. The lowest BCUT2D eigenvalue weighted by molar-refractivity contribution is -0.0535. The van der Waals surface area contributed by atoms with Gasteiger partial charge in [0.05, 0.1) is 36.3 Å². The number of nitrogens with one attached hydrogen (secondary N) is 1. The fourth-order valence-corrected chi connectivity index (χ4v) is 3.84. The minimum absolute atomic E-state index is 0.120. The average molecular weight is 343 g/mol. The second-order valence-corrected chi connectivity index (χ2v) is 6.90. The van der Waals surface area contributed by atoms with Gasteiger partial charge in [-0.05, 0) is 31.5 Å². The number of pyridine rings is 1. The van der Waals surface area contributed by atoms with Crippen LogP contribution < -0.4 is 5.32 Å². The highest BCUT2D eigenvalue weighted by atomic mass is 19.1. The van der Waals surface area contributed by atoms with Crippen molar-refractivity contribution < 1.29 is 9.13 Å². The summed E-state index contributed by atoms with van der Waals surface area (Å²) in [6, 6.07) is 6.18. The molecular formula is C18H22FN5O. The Kier molecular flexibility index (Phi) is 4.59. The van der Waals surface area contributed by atoms with Crippen molar-refractivity contribution in [3.05, 3.63) is 48.3 Å². The summed E-state index contributed by atoms with van der Waals surface area (Å²) < 4.78 is 19.1. The summed E-state index contributed by atoms with van der Waals surface area (Å²) in [6.07, 6.45) is 7.28. The van der Waals surface area contributed by atoms with Crippen molar-refractivity contribution in [1.82, 2.24) is 19.9 Å². The standard InChI is InChI=1S/C18H22FN5O/c19-14-9-21-17(22-10-14)23-16-8-18(25-12-16)5-3-7-24(13-18)11-15-4-1-2-6-20-15/h1-2,4,6,9-10,16H,3,5,7-8,11-13H2,(H,21,22,23)/t16-,18+/m1/s1. The third-order valence-corrected chi connectivity index (χ3v) is 4.89. The number of halogens is 1. The number of hydrogen-bond donors (Lipinski definition) is 1. The van der Waals surface area contributed by atoms with Crippen molar-refractivity contribution in [3.8, 4) is 0 Å². The monoisotopic (exact) mass is 343 g/mol. The highest BCUT2D eigenvalue weighted by Crippen LogP contribution is 2.35. The first-order valence-electron chi connectivity index (χ1n) is 8.71. The average Bonchev–Trinajstić information content (AvgIpc) is 3.00. The molecule has 132 valence electrons. The van der Waals surface area contributed by atoms with Crippen LogP contribution in [0.4, 0.5) is 10.3 Å². The zero-order valence-corrected chi connectivity index (χ0v) is 14.1. The number of rotatable bonds is 4. The Labute approximate surface area is 146 Å². The van der Waals surface area contributed by atoms with Crippen molar-refractivity contribution >= 4 is 5.95 Å². The van der Waals surface area contributed by atoms with Crippen LogP contribution in [0.1, 0.15) is 25.0 Å². The maximum absolute atomic E-state index is 12.9. The van der Waals surface area contributed by atoms with Gasteiger partial charge in [0, 0.05) is 25.7 Å². The molecule has 4 rings (SSSR count). The van der Waals surface area contributed by atoms with Gasteiger partial charge in [0.15, 0.2) is 5.82 Å². The molecule has 0 unspecified atom stereocenters. The molecule has 2 atom stereocenters. The molecule has 0 saturated carbocycles. The highest BCUT2D eigenvalue weighted by molar-refractivity contribution is 5.26. The molecule has 0 bridgehead atoms. The van der Waals surface area contributed by atoms with Gasteiger partial charge >= 0.3 is 0 Å². The lowest BCUT2D eigenvalue weighted by Crippen LogP contribution is -2.47. The van der Waals surface area contributed by atoms with Gasteiger partial charge in [-0.2, -0.15) is 0 Å². The van der Waals surface area contributed by atoms with Crippen molar-refractivity contribution in [2.75, 3.05) is 25.0 Å². The van der Waals surface area contributed by atoms with E-state index in [0.717, 1.165) is 44.6 Å². The van der Waals surface area contributed by atoms with E-state index >= 15 is 0 Å². The Hall–Kier alpha value is -2.12. The molecule has 7 heteroatoms. The summed E-state index contributed by atoms with van der Waals surface area (Å²) in [7, 11) is 0. The van der Waals surface area contributed by atoms with Crippen molar-refractivity contribution in [1.29, 1.82) is 0 Å². The van der Waals surface area contributed by atoms with E-state index in [-0.39, 0.29) is 11.6 Å². The first-order valence-corrected chi connectivity index (χ1v) is 8.71. The third kappa shape index (κ3) is 3.93. The van der Waals surface area contributed by atoms with Gasteiger partial charge in [0.1, 0.15) is 0 Å². The molecule has 2 aliphatic rings. The summed E-state index contributed by atoms with van der Waals surface area (Å²) in [5.74, 6) is 0.0235. The molecule has 25 heavy (non-hydrogen) atoms. The quantitative estimate of drug-likeness (QED) is 0.919. The minimum Gasteiger partial charge on any atom is -0.371 e. The summed E-state index contributed by atoms with van der Waals surface area (Å²) >= 11 is 0. The molecular weight excluding hydrogens is 321 g/mol. The maximum atomic E-state index is 12.9. The second-order valence-electron chi connectivity index (χ2n) is 6.90. The Bertz CT molecular complexity index is 698. The summed E-state index contributed by atoms with van der Waals surface area (Å²) in [5.41, 5.74) is 0.969. The largest absolute Gasteiger partial charge is 0.371 e. The van der Waals surface area contributed by atoms with Crippen molar-refractivity contribution in [2.24, 2.45) is 0 Å².